The van der Waals surface area contributed by atoms with Gasteiger partial charge in [0.1, 0.15) is 0 Å². The average molecular weight is 189 g/mol. The van der Waals surface area contributed by atoms with E-state index in [4.69, 9.17) is 23.2 Å². The molecule has 0 saturated heterocycles. The molecule has 3 heteroatoms. The van der Waals surface area contributed by atoms with Crippen LogP contribution >= 0.6 is 23.2 Å². The fraction of sp³-hybridized carbons (Fsp3) is 0.125. The van der Waals surface area contributed by atoms with Crippen molar-refractivity contribution in [1.29, 1.82) is 0 Å². The molecule has 0 heterocycles. The Labute approximate surface area is 76.3 Å². The largest absolute Gasteiger partial charge is 0.311 e. The van der Waals surface area contributed by atoms with Gasteiger partial charge in [-0.15, -0.1) is 0 Å². The zero-order valence-corrected chi connectivity index (χ0v) is 7.41. The number of hydrogen-bond acceptors (Lipinski definition) is 1. The third kappa shape index (κ3) is 2.37. The first-order valence-electron chi connectivity index (χ1n) is 3.18. The molecule has 0 atom stereocenters. The summed E-state index contributed by atoms with van der Waals surface area (Å²) in [6.45, 7) is 0.705. The molecule has 0 aliphatic rings. The van der Waals surface area contributed by atoms with Crippen LogP contribution in [0.5, 0.6) is 0 Å². The number of halogens is 2. The molecule has 0 fully saturated rings. The van der Waals surface area contributed by atoms with Crippen LogP contribution in [0.15, 0.2) is 18.2 Å². The van der Waals surface area contributed by atoms with Gasteiger partial charge in [-0.1, -0.05) is 29.3 Å². The third-order valence-corrected chi connectivity index (χ3v) is 2.05. The van der Waals surface area contributed by atoms with Gasteiger partial charge in [-0.3, -0.25) is 0 Å². The van der Waals surface area contributed by atoms with Gasteiger partial charge >= 0.3 is 0 Å². The molecule has 1 N–H and O–H groups in total. The van der Waals surface area contributed by atoms with E-state index in [1.165, 1.54) is 0 Å². The van der Waals surface area contributed by atoms with Crippen molar-refractivity contribution in [3.63, 3.8) is 0 Å². The quantitative estimate of drug-likeness (QED) is 0.754. The Morgan fingerprint density at radius 1 is 1.27 bits per heavy atom. The molecule has 0 spiro atoms. The highest BCUT2D eigenvalue weighted by Crippen LogP contribution is 2.22. The summed E-state index contributed by atoms with van der Waals surface area (Å²) in [5.74, 6) is 0. The predicted molar refractivity (Wildman–Crippen MR) is 48.7 cm³/mol. The SMILES string of the molecule is [CH2]NCc1ccc(Cl)c(Cl)c1. The lowest BCUT2D eigenvalue weighted by molar-refractivity contribution is 0.866. The lowest BCUT2D eigenvalue weighted by Crippen LogP contribution is -2.01. The molecule has 1 aromatic carbocycles. The lowest BCUT2D eigenvalue weighted by Gasteiger charge is -2.00. The third-order valence-electron chi connectivity index (χ3n) is 1.31. The van der Waals surface area contributed by atoms with E-state index in [2.05, 4.69) is 12.4 Å². The molecule has 11 heavy (non-hydrogen) atoms. The zero-order valence-electron chi connectivity index (χ0n) is 5.90. The van der Waals surface area contributed by atoms with Crippen LogP contribution < -0.4 is 5.32 Å². The second-order valence-corrected chi connectivity index (χ2v) is 2.99. The minimum atomic E-state index is 0.583. The van der Waals surface area contributed by atoms with Crippen molar-refractivity contribution < 1.29 is 0 Å². The Morgan fingerprint density at radius 2 is 2.00 bits per heavy atom. The van der Waals surface area contributed by atoms with E-state index in [0.717, 1.165) is 5.56 Å². The van der Waals surface area contributed by atoms with Gasteiger partial charge in [0, 0.05) is 13.6 Å². The van der Waals surface area contributed by atoms with Crippen molar-refractivity contribution in [3.8, 4) is 0 Å². The highest BCUT2D eigenvalue weighted by atomic mass is 35.5. The zero-order chi connectivity index (χ0) is 8.27. The number of rotatable bonds is 2. The topological polar surface area (TPSA) is 12.0 Å². The van der Waals surface area contributed by atoms with Crippen LogP contribution in [-0.2, 0) is 6.54 Å². The van der Waals surface area contributed by atoms with E-state index in [9.17, 15) is 0 Å². The normalized spacial score (nSPS) is 10.1. The average Bonchev–Trinajstić information content (AvgIpc) is 1.98. The second-order valence-electron chi connectivity index (χ2n) is 2.18. The van der Waals surface area contributed by atoms with Crippen LogP contribution in [0.2, 0.25) is 10.0 Å². The van der Waals surface area contributed by atoms with Gasteiger partial charge in [-0.25, -0.2) is 0 Å². The van der Waals surface area contributed by atoms with Crippen molar-refractivity contribution >= 4 is 23.2 Å². The van der Waals surface area contributed by atoms with E-state index in [1.807, 2.05) is 12.1 Å². The van der Waals surface area contributed by atoms with Crippen molar-refractivity contribution in [2.75, 3.05) is 0 Å². The fourth-order valence-corrected chi connectivity index (χ4v) is 1.11. The van der Waals surface area contributed by atoms with E-state index in [-0.39, 0.29) is 0 Å². The molecule has 0 aliphatic heterocycles. The van der Waals surface area contributed by atoms with Gasteiger partial charge in [0.05, 0.1) is 10.0 Å². The standard InChI is InChI=1S/C8H8Cl2N/c1-11-5-6-2-3-7(9)8(10)4-6/h2-4,11H,1,5H2. The summed E-state index contributed by atoms with van der Waals surface area (Å²) in [5, 5.41) is 3.94. The first kappa shape index (κ1) is 8.85. The molecule has 0 aliphatic carbocycles. The van der Waals surface area contributed by atoms with Crippen molar-refractivity contribution in [3.05, 3.63) is 40.9 Å². The molecule has 0 aromatic heterocycles. The summed E-state index contributed by atoms with van der Waals surface area (Å²) < 4.78 is 0. The number of hydrogen-bond donors (Lipinski definition) is 1. The molecule has 0 amide bonds. The Balaban J connectivity index is 2.86. The van der Waals surface area contributed by atoms with Gasteiger partial charge in [0.2, 0.25) is 0 Å². The van der Waals surface area contributed by atoms with Crippen LogP contribution in [0.3, 0.4) is 0 Å². The highest BCUT2D eigenvalue weighted by molar-refractivity contribution is 6.41. The number of benzene rings is 1. The summed E-state index contributed by atoms with van der Waals surface area (Å²) in [4.78, 5) is 0. The van der Waals surface area contributed by atoms with Crippen LogP contribution in [0.1, 0.15) is 5.56 Å². The molecule has 1 nitrogen and oxygen atoms in total. The number of nitrogens with one attached hydrogen (secondary N) is 1. The first-order chi connectivity index (χ1) is 5.24. The molecular weight excluding hydrogens is 181 g/mol. The Bertz CT molecular complexity index is 248. The molecular formula is C8H8Cl2N. The smallest absolute Gasteiger partial charge is 0.0595 e. The molecule has 1 aromatic rings. The van der Waals surface area contributed by atoms with E-state index in [1.54, 1.807) is 6.07 Å². The van der Waals surface area contributed by atoms with E-state index in [0.29, 0.717) is 16.6 Å². The van der Waals surface area contributed by atoms with Gasteiger partial charge in [-0.05, 0) is 17.7 Å². The monoisotopic (exact) mass is 188 g/mol. The maximum atomic E-state index is 5.77. The van der Waals surface area contributed by atoms with Crippen LogP contribution in [0.25, 0.3) is 0 Å². The summed E-state index contributed by atoms with van der Waals surface area (Å²) in [5.41, 5.74) is 1.08. The second kappa shape index (κ2) is 3.96. The molecule has 0 bridgehead atoms. The van der Waals surface area contributed by atoms with E-state index >= 15 is 0 Å². The van der Waals surface area contributed by atoms with Gasteiger partial charge in [0.25, 0.3) is 0 Å². The Hall–Kier alpha value is -0.240. The molecule has 1 radical (unpaired) electrons. The summed E-state index contributed by atoms with van der Waals surface area (Å²) >= 11 is 11.5. The van der Waals surface area contributed by atoms with Crippen LogP contribution in [0.4, 0.5) is 0 Å². The van der Waals surface area contributed by atoms with Gasteiger partial charge in [0.15, 0.2) is 0 Å². The lowest BCUT2D eigenvalue weighted by atomic mass is 10.2. The van der Waals surface area contributed by atoms with Gasteiger partial charge in [-0.2, -0.15) is 0 Å². The molecule has 0 unspecified atom stereocenters. The van der Waals surface area contributed by atoms with Crippen LogP contribution in [0, 0.1) is 7.05 Å². The van der Waals surface area contributed by atoms with Crippen molar-refractivity contribution in [2.45, 2.75) is 6.54 Å². The Morgan fingerprint density at radius 3 is 2.55 bits per heavy atom. The Kier molecular flexibility index (Phi) is 3.18. The van der Waals surface area contributed by atoms with Crippen LogP contribution in [-0.4, -0.2) is 0 Å². The maximum Gasteiger partial charge on any atom is 0.0595 e. The molecule has 0 saturated carbocycles. The van der Waals surface area contributed by atoms with Crippen molar-refractivity contribution in [2.24, 2.45) is 0 Å². The summed E-state index contributed by atoms with van der Waals surface area (Å²) in [6.07, 6.45) is 0. The minimum absolute atomic E-state index is 0.583. The summed E-state index contributed by atoms with van der Waals surface area (Å²) in [6, 6.07) is 5.50. The molecule has 1 rings (SSSR count). The predicted octanol–water partition coefficient (Wildman–Crippen LogP) is 2.87. The fourth-order valence-electron chi connectivity index (χ4n) is 0.794. The maximum absolute atomic E-state index is 5.77. The van der Waals surface area contributed by atoms with E-state index < -0.39 is 0 Å². The van der Waals surface area contributed by atoms with Crippen molar-refractivity contribution in [1.82, 2.24) is 5.32 Å². The highest BCUT2D eigenvalue weighted by Gasteiger charge is 1.97. The van der Waals surface area contributed by atoms with Gasteiger partial charge < -0.3 is 5.32 Å². The summed E-state index contributed by atoms with van der Waals surface area (Å²) in [7, 11) is 3.51. The minimum Gasteiger partial charge on any atom is -0.311 e. The molecule has 59 valence electrons. The first-order valence-corrected chi connectivity index (χ1v) is 3.93.